The van der Waals surface area contributed by atoms with E-state index < -0.39 is 5.97 Å². The summed E-state index contributed by atoms with van der Waals surface area (Å²) in [4.78, 5) is 12.2. The van der Waals surface area contributed by atoms with E-state index in [2.05, 4.69) is 28.9 Å². The molecule has 0 spiro atoms. The van der Waals surface area contributed by atoms with Gasteiger partial charge in [-0.2, -0.15) is 11.8 Å². The SMILES string of the molecule is CC(=O)[O-].CCC(OC)[n+]1cc[nH]c1CCCSC. The van der Waals surface area contributed by atoms with Gasteiger partial charge in [0.15, 0.2) is 0 Å². The van der Waals surface area contributed by atoms with Crippen LogP contribution in [0.2, 0.25) is 0 Å². The van der Waals surface area contributed by atoms with Crippen LogP contribution in [0.1, 0.15) is 38.7 Å². The minimum absolute atomic E-state index is 0.167. The topological polar surface area (TPSA) is 69.0 Å². The number of carbonyl (C=O) groups is 1. The van der Waals surface area contributed by atoms with Crippen LogP contribution in [0.3, 0.4) is 0 Å². The Balaban J connectivity index is 0.000000711. The Labute approximate surface area is 119 Å². The Bertz CT molecular complexity index is 347. The number of rotatable bonds is 7. The summed E-state index contributed by atoms with van der Waals surface area (Å²) in [5, 5.41) is 8.89. The van der Waals surface area contributed by atoms with E-state index in [0.717, 1.165) is 19.8 Å². The van der Waals surface area contributed by atoms with E-state index in [1.807, 2.05) is 18.0 Å². The van der Waals surface area contributed by atoms with Crippen LogP contribution in [0.4, 0.5) is 0 Å². The van der Waals surface area contributed by atoms with Gasteiger partial charge in [0, 0.05) is 19.5 Å². The highest BCUT2D eigenvalue weighted by atomic mass is 32.2. The molecular weight excluding hydrogens is 264 g/mol. The standard InChI is InChI=1S/C11H20N2OS.C2H4O2/c1-4-11(14-2)13-8-7-12-10(13)6-5-9-15-3;1-2(3)4/h7-8,11H,4-6,9H2,1-3H3;1H3,(H,3,4). The molecule has 0 aliphatic heterocycles. The van der Waals surface area contributed by atoms with Gasteiger partial charge >= 0.3 is 0 Å². The molecule has 1 N–H and O–H groups in total. The molecule has 110 valence electrons. The lowest BCUT2D eigenvalue weighted by atomic mass is 10.3. The zero-order valence-electron chi connectivity index (χ0n) is 12.1. The fourth-order valence-electron chi connectivity index (χ4n) is 1.71. The summed E-state index contributed by atoms with van der Waals surface area (Å²) < 4.78 is 7.62. The molecule has 0 amide bonds. The van der Waals surface area contributed by atoms with Crippen molar-refractivity contribution in [1.29, 1.82) is 0 Å². The average molecular weight is 288 g/mol. The minimum atomic E-state index is -1.08. The molecule has 1 unspecified atom stereocenters. The van der Waals surface area contributed by atoms with E-state index in [9.17, 15) is 0 Å². The van der Waals surface area contributed by atoms with Crippen LogP contribution in [-0.2, 0) is 16.0 Å². The van der Waals surface area contributed by atoms with Crippen LogP contribution >= 0.6 is 11.8 Å². The third kappa shape index (κ3) is 7.89. The minimum Gasteiger partial charge on any atom is -0.550 e. The molecule has 1 atom stereocenters. The third-order valence-electron chi connectivity index (χ3n) is 2.49. The number of ether oxygens (including phenoxy) is 1. The van der Waals surface area contributed by atoms with E-state index in [-0.39, 0.29) is 6.23 Å². The molecule has 0 aliphatic rings. The third-order valence-corrected chi connectivity index (χ3v) is 3.19. The maximum absolute atomic E-state index is 8.89. The van der Waals surface area contributed by atoms with Crippen LogP contribution in [0, 0.1) is 0 Å². The Kier molecular flexibility index (Phi) is 10.3. The molecule has 0 aliphatic carbocycles. The van der Waals surface area contributed by atoms with Crippen molar-refractivity contribution in [2.75, 3.05) is 19.1 Å². The summed E-state index contributed by atoms with van der Waals surface area (Å²) in [6, 6.07) is 0. The fourth-order valence-corrected chi connectivity index (χ4v) is 2.14. The molecule has 1 aromatic heterocycles. The second-order valence-corrected chi connectivity index (χ2v) is 4.99. The second kappa shape index (κ2) is 10.9. The predicted molar refractivity (Wildman–Crippen MR) is 74.7 cm³/mol. The lowest BCUT2D eigenvalue weighted by molar-refractivity contribution is -0.766. The van der Waals surface area contributed by atoms with Crippen LogP contribution in [-0.4, -0.2) is 30.1 Å². The van der Waals surface area contributed by atoms with Gasteiger partial charge in [0.25, 0.3) is 5.82 Å². The maximum atomic E-state index is 8.89. The second-order valence-electron chi connectivity index (χ2n) is 4.00. The summed E-state index contributed by atoms with van der Waals surface area (Å²) >= 11 is 1.89. The number of aromatic nitrogens is 2. The lowest BCUT2D eigenvalue weighted by Crippen LogP contribution is -2.42. The Morgan fingerprint density at radius 1 is 1.63 bits per heavy atom. The molecule has 0 radical (unpaired) electrons. The van der Waals surface area contributed by atoms with Gasteiger partial charge in [-0.25, -0.2) is 9.55 Å². The van der Waals surface area contributed by atoms with E-state index in [1.54, 1.807) is 7.11 Å². The fraction of sp³-hybridized carbons (Fsp3) is 0.692. The number of imidazole rings is 1. The Morgan fingerprint density at radius 3 is 2.74 bits per heavy atom. The Morgan fingerprint density at radius 2 is 2.26 bits per heavy atom. The van der Waals surface area contributed by atoms with Gasteiger partial charge in [0.05, 0.1) is 6.42 Å². The van der Waals surface area contributed by atoms with Crippen LogP contribution in [0.5, 0.6) is 0 Å². The van der Waals surface area contributed by atoms with Gasteiger partial charge in [-0.15, -0.1) is 0 Å². The van der Waals surface area contributed by atoms with Crippen molar-refractivity contribution >= 4 is 17.7 Å². The van der Waals surface area contributed by atoms with Crippen molar-refractivity contribution in [1.82, 2.24) is 4.98 Å². The molecular formula is C13H24N2O3S. The summed E-state index contributed by atoms with van der Waals surface area (Å²) in [7, 11) is 1.76. The van der Waals surface area contributed by atoms with E-state index in [1.165, 1.54) is 18.0 Å². The quantitative estimate of drug-likeness (QED) is 0.598. The first kappa shape index (κ1) is 18.0. The molecule has 5 nitrogen and oxygen atoms in total. The van der Waals surface area contributed by atoms with Gasteiger partial charge < -0.3 is 14.6 Å². The number of hydrogen-bond donors (Lipinski definition) is 1. The molecule has 19 heavy (non-hydrogen) atoms. The highest BCUT2D eigenvalue weighted by Crippen LogP contribution is 2.06. The number of H-pyrrole nitrogens is 1. The first-order chi connectivity index (χ1) is 9.06. The van der Waals surface area contributed by atoms with Crippen molar-refractivity contribution in [3.63, 3.8) is 0 Å². The Hall–Kier alpha value is -1.01. The first-order valence-electron chi connectivity index (χ1n) is 6.33. The van der Waals surface area contributed by atoms with Gasteiger partial charge in [0.2, 0.25) is 6.23 Å². The number of hydrogen-bond acceptors (Lipinski definition) is 4. The highest BCUT2D eigenvalue weighted by Gasteiger charge is 2.18. The number of thioether (sulfide) groups is 1. The monoisotopic (exact) mass is 288 g/mol. The number of aryl methyl sites for hydroxylation is 1. The van der Waals surface area contributed by atoms with E-state index in [4.69, 9.17) is 14.6 Å². The smallest absolute Gasteiger partial charge is 0.256 e. The number of aliphatic carboxylic acids is 1. The van der Waals surface area contributed by atoms with Crippen molar-refractivity contribution in [3.05, 3.63) is 18.2 Å². The molecule has 0 aromatic carbocycles. The molecule has 1 rings (SSSR count). The van der Waals surface area contributed by atoms with E-state index >= 15 is 0 Å². The molecule has 0 saturated carbocycles. The van der Waals surface area contributed by atoms with Gasteiger partial charge in [-0.1, -0.05) is 6.92 Å². The first-order valence-corrected chi connectivity index (χ1v) is 7.72. The van der Waals surface area contributed by atoms with Crippen molar-refractivity contribution in [3.8, 4) is 0 Å². The maximum Gasteiger partial charge on any atom is 0.256 e. The molecule has 1 aromatic rings. The molecule has 0 bridgehead atoms. The zero-order chi connectivity index (χ0) is 14.7. The van der Waals surface area contributed by atoms with Gasteiger partial charge in [0.1, 0.15) is 12.4 Å². The molecule has 0 fully saturated rings. The zero-order valence-corrected chi connectivity index (χ0v) is 13.0. The molecule has 1 heterocycles. The summed E-state index contributed by atoms with van der Waals surface area (Å²) in [5.74, 6) is 1.39. The molecule has 6 heteroatoms. The van der Waals surface area contributed by atoms with Gasteiger partial charge in [-0.05, 0) is 25.4 Å². The average Bonchev–Trinajstić information content (AvgIpc) is 2.79. The normalized spacial score (nSPS) is 11.6. The molecule has 0 saturated heterocycles. The predicted octanol–water partition coefficient (Wildman–Crippen LogP) is 0.909. The number of carboxylic acid groups (broad SMARTS) is 1. The van der Waals surface area contributed by atoms with Crippen molar-refractivity contribution in [2.24, 2.45) is 0 Å². The van der Waals surface area contributed by atoms with Crippen LogP contribution in [0.25, 0.3) is 0 Å². The number of aromatic amines is 1. The van der Waals surface area contributed by atoms with Crippen molar-refractivity contribution in [2.45, 2.75) is 39.3 Å². The highest BCUT2D eigenvalue weighted by molar-refractivity contribution is 7.98. The number of carboxylic acids is 1. The van der Waals surface area contributed by atoms with E-state index in [0.29, 0.717) is 0 Å². The summed E-state index contributed by atoms with van der Waals surface area (Å²) in [6.45, 7) is 3.11. The summed E-state index contributed by atoms with van der Waals surface area (Å²) in [6.07, 6.45) is 9.65. The van der Waals surface area contributed by atoms with Crippen molar-refractivity contribution < 1.29 is 19.2 Å². The summed E-state index contributed by atoms with van der Waals surface area (Å²) in [5.41, 5.74) is 0. The van der Waals surface area contributed by atoms with Crippen LogP contribution < -0.4 is 9.67 Å². The number of nitrogens with zero attached hydrogens (tertiary/aromatic N) is 1. The largest absolute Gasteiger partial charge is 0.550 e. The number of nitrogens with one attached hydrogen (secondary N) is 1. The number of carbonyl (C=O) groups excluding carboxylic acids is 1. The number of methoxy groups -OCH3 is 1. The lowest BCUT2D eigenvalue weighted by Gasteiger charge is -2.10. The van der Waals surface area contributed by atoms with Gasteiger partial charge in [-0.3, -0.25) is 0 Å². The van der Waals surface area contributed by atoms with Crippen LogP contribution in [0.15, 0.2) is 12.4 Å².